The molecule has 0 saturated heterocycles. The standard InChI is InChI=1S/C9H21N/c1-6-7-10(8(2)3)9(4)5/h8-9H,6-7H2,1-5H3/p+1. The zero-order valence-electron chi connectivity index (χ0n) is 8.07. The number of nitrogens with one attached hydrogen (secondary N) is 1. The van der Waals surface area contributed by atoms with Crippen LogP contribution in [0.1, 0.15) is 41.0 Å². The van der Waals surface area contributed by atoms with E-state index in [2.05, 4.69) is 34.6 Å². The molecular weight excluding hydrogens is 122 g/mol. The van der Waals surface area contributed by atoms with Gasteiger partial charge in [0.2, 0.25) is 0 Å². The highest BCUT2D eigenvalue weighted by molar-refractivity contribution is 4.40. The molecule has 0 aliphatic rings. The molecule has 1 heteroatoms. The van der Waals surface area contributed by atoms with Gasteiger partial charge in [0.1, 0.15) is 0 Å². The second-order valence-electron chi connectivity index (χ2n) is 3.63. The topological polar surface area (TPSA) is 4.44 Å². The highest BCUT2D eigenvalue weighted by Gasteiger charge is 2.14. The average Bonchev–Trinajstić information content (AvgIpc) is 1.81. The van der Waals surface area contributed by atoms with Crippen molar-refractivity contribution in [1.29, 1.82) is 0 Å². The molecule has 0 unspecified atom stereocenters. The maximum atomic E-state index is 2.30. The Labute approximate surface area is 65.4 Å². The van der Waals surface area contributed by atoms with Crippen LogP contribution in [0, 0.1) is 0 Å². The lowest BCUT2D eigenvalue weighted by Crippen LogP contribution is -3.17. The highest BCUT2D eigenvalue weighted by Crippen LogP contribution is 1.77. The number of rotatable bonds is 4. The molecule has 0 radical (unpaired) electrons. The molecule has 0 bridgehead atoms. The Balaban J connectivity index is 3.73. The van der Waals surface area contributed by atoms with Crippen LogP contribution in [0.5, 0.6) is 0 Å². The van der Waals surface area contributed by atoms with Crippen molar-refractivity contribution in [2.45, 2.75) is 53.1 Å². The predicted octanol–water partition coefficient (Wildman–Crippen LogP) is 1.10. The quantitative estimate of drug-likeness (QED) is 0.602. The fourth-order valence-corrected chi connectivity index (χ4v) is 1.53. The van der Waals surface area contributed by atoms with Crippen LogP contribution in [0.4, 0.5) is 0 Å². The summed E-state index contributed by atoms with van der Waals surface area (Å²) in [5.74, 6) is 0. The van der Waals surface area contributed by atoms with E-state index in [4.69, 9.17) is 0 Å². The van der Waals surface area contributed by atoms with Crippen molar-refractivity contribution in [3.63, 3.8) is 0 Å². The number of quaternary nitrogens is 1. The number of hydrogen-bond donors (Lipinski definition) is 1. The zero-order valence-corrected chi connectivity index (χ0v) is 8.07. The van der Waals surface area contributed by atoms with Gasteiger partial charge < -0.3 is 4.90 Å². The van der Waals surface area contributed by atoms with Crippen LogP contribution in [-0.2, 0) is 0 Å². The lowest BCUT2D eigenvalue weighted by molar-refractivity contribution is -0.942. The molecular formula is C9H22N+. The summed E-state index contributed by atoms with van der Waals surface area (Å²) in [5, 5.41) is 0. The SMILES string of the molecule is CCC[NH+](C(C)C)C(C)C. The predicted molar refractivity (Wildman–Crippen MR) is 46.4 cm³/mol. The molecule has 0 aromatic rings. The van der Waals surface area contributed by atoms with E-state index in [0.29, 0.717) is 0 Å². The van der Waals surface area contributed by atoms with E-state index < -0.39 is 0 Å². The first-order valence-corrected chi connectivity index (χ1v) is 4.45. The van der Waals surface area contributed by atoms with Gasteiger partial charge in [-0.05, 0) is 34.1 Å². The molecule has 0 fully saturated rings. The van der Waals surface area contributed by atoms with Crippen LogP contribution >= 0.6 is 0 Å². The molecule has 0 rings (SSSR count). The van der Waals surface area contributed by atoms with Gasteiger partial charge in [0.05, 0.1) is 18.6 Å². The fourth-order valence-electron chi connectivity index (χ4n) is 1.53. The molecule has 0 amide bonds. The summed E-state index contributed by atoms with van der Waals surface area (Å²) in [6.07, 6.45) is 1.30. The Morgan fingerprint density at radius 2 is 1.40 bits per heavy atom. The van der Waals surface area contributed by atoms with Gasteiger partial charge in [-0.15, -0.1) is 0 Å². The van der Waals surface area contributed by atoms with Crippen LogP contribution < -0.4 is 4.90 Å². The van der Waals surface area contributed by atoms with Gasteiger partial charge >= 0.3 is 0 Å². The van der Waals surface area contributed by atoms with Crippen molar-refractivity contribution in [2.24, 2.45) is 0 Å². The molecule has 0 saturated carbocycles. The summed E-state index contributed by atoms with van der Waals surface area (Å²) >= 11 is 0. The second kappa shape index (κ2) is 4.73. The third-order valence-corrected chi connectivity index (χ3v) is 2.02. The molecule has 0 aromatic carbocycles. The summed E-state index contributed by atoms with van der Waals surface area (Å²) in [4.78, 5) is 1.72. The van der Waals surface area contributed by atoms with Crippen LogP contribution in [0.15, 0.2) is 0 Å². The maximum absolute atomic E-state index is 2.30. The van der Waals surface area contributed by atoms with Crippen LogP contribution in [0.25, 0.3) is 0 Å². The van der Waals surface area contributed by atoms with Gasteiger partial charge in [-0.1, -0.05) is 6.92 Å². The highest BCUT2D eigenvalue weighted by atomic mass is 15.2. The smallest absolute Gasteiger partial charge is 0.0819 e. The monoisotopic (exact) mass is 144 g/mol. The van der Waals surface area contributed by atoms with Gasteiger partial charge in [-0.2, -0.15) is 0 Å². The van der Waals surface area contributed by atoms with E-state index in [9.17, 15) is 0 Å². The van der Waals surface area contributed by atoms with Crippen LogP contribution in [-0.4, -0.2) is 18.6 Å². The van der Waals surface area contributed by atoms with Crippen LogP contribution in [0.2, 0.25) is 0 Å². The Hall–Kier alpha value is -0.0400. The van der Waals surface area contributed by atoms with Crippen molar-refractivity contribution in [1.82, 2.24) is 0 Å². The van der Waals surface area contributed by atoms with Gasteiger partial charge in [0, 0.05) is 0 Å². The van der Waals surface area contributed by atoms with E-state index >= 15 is 0 Å². The lowest BCUT2D eigenvalue weighted by atomic mass is 10.2. The molecule has 0 aromatic heterocycles. The van der Waals surface area contributed by atoms with Gasteiger partial charge in [0.25, 0.3) is 0 Å². The first kappa shape index (κ1) is 9.96. The average molecular weight is 144 g/mol. The minimum Gasteiger partial charge on any atom is -0.331 e. The number of hydrogen-bond acceptors (Lipinski definition) is 0. The fraction of sp³-hybridized carbons (Fsp3) is 1.00. The molecule has 10 heavy (non-hydrogen) atoms. The molecule has 1 nitrogen and oxygen atoms in total. The zero-order chi connectivity index (χ0) is 8.15. The van der Waals surface area contributed by atoms with Gasteiger partial charge in [0.15, 0.2) is 0 Å². The summed E-state index contributed by atoms with van der Waals surface area (Å²) in [6, 6.07) is 1.56. The summed E-state index contributed by atoms with van der Waals surface area (Å²) in [7, 11) is 0. The minimum atomic E-state index is 0.778. The van der Waals surface area contributed by atoms with E-state index in [-0.39, 0.29) is 0 Å². The summed E-state index contributed by atoms with van der Waals surface area (Å²) in [5.41, 5.74) is 0. The normalized spacial score (nSPS) is 12.0. The van der Waals surface area contributed by atoms with Crippen molar-refractivity contribution in [3.05, 3.63) is 0 Å². The Morgan fingerprint density at radius 3 is 1.50 bits per heavy atom. The van der Waals surface area contributed by atoms with Gasteiger partial charge in [-0.25, -0.2) is 0 Å². The second-order valence-corrected chi connectivity index (χ2v) is 3.63. The first-order valence-electron chi connectivity index (χ1n) is 4.45. The molecule has 0 spiro atoms. The molecule has 1 N–H and O–H groups in total. The van der Waals surface area contributed by atoms with Gasteiger partial charge in [-0.3, -0.25) is 0 Å². The Bertz CT molecular complexity index is 68.8. The first-order chi connectivity index (χ1) is 4.59. The third kappa shape index (κ3) is 3.21. The van der Waals surface area contributed by atoms with Crippen molar-refractivity contribution in [2.75, 3.05) is 6.54 Å². The van der Waals surface area contributed by atoms with E-state index in [0.717, 1.165) is 12.1 Å². The molecule has 62 valence electrons. The van der Waals surface area contributed by atoms with E-state index in [1.807, 2.05) is 0 Å². The van der Waals surface area contributed by atoms with Crippen LogP contribution in [0.3, 0.4) is 0 Å². The van der Waals surface area contributed by atoms with Crippen molar-refractivity contribution >= 4 is 0 Å². The third-order valence-electron chi connectivity index (χ3n) is 2.02. The summed E-state index contributed by atoms with van der Waals surface area (Å²) < 4.78 is 0. The molecule has 0 atom stereocenters. The van der Waals surface area contributed by atoms with E-state index in [1.54, 1.807) is 4.90 Å². The Morgan fingerprint density at radius 1 is 1.00 bits per heavy atom. The largest absolute Gasteiger partial charge is 0.331 e. The van der Waals surface area contributed by atoms with Crippen molar-refractivity contribution in [3.8, 4) is 0 Å². The van der Waals surface area contributed by atoms with Crippen molar-refractivity contribution < 1.29 is 4.90 Å². The molecule has 0 heterocycles. The van der Waals surface area contributed by atoms with E-state index in [1.165, 1.54) is 13.0 Å². The Kier molecular flexibility index (Phi) is 4.71. The minimum absolute atomic E-state index is 0.778. The molecule has 0 aliphatic heterocycles. The molecule has 0 aliphatic carbocycles. The summed E-state index contributed by atoms with van der Waals surface area (Å²) in [6.45, 7) is 12.8. The lowest BCUT2D eigenvalue weighted by Gasteiger charge is -2.26. The maximum Gasteiger partial charge on any atom is 0.0819 e.